The zero-order chi connectivity index (χ0) is 25.3. The third kappa shape index (κ3) is 5.57. The highest BCUT2D eigenvalue weighted by molar-refractivity contribution is 7.46. The Kier molecular flexibility index (Phi) is 7.00. The molecule has 0 radical (unpaired) electrons. The van der Waals surface area contributed by atoms with Gasteiger partial charge in [0, 0.05) is 0 Å². The molecule has 1 aliphatic rings. The van der Waals surface area contributed by atoms with Crippen molar-refractivity contribution in [1.82, 2.24) is 24.8 Å². The number of phosphoric ester groups is 1. The fourth-order valence-corrected chi connectivity index (χ4v) is 4.11. The molecule has 16 heteroatoms. The zero-order valence-corrected chi connectivity index (χ0v) is 19.0. The minimum Gasteiger partial charge on any atom is -0.508 e. The molecule has 35 heavy (non-hydrogen) atoms. The predicted octanol–water partition coefficient (Wildman–Crippen LogP) is -1.46. The van der Waals surface area contributed by atoms with Gasteiger partial charge in [0.2, 0.25) is 5.91 Å². The van der Waals surface area contributed by atoms with E-state index in [1.165, 1.54) is 29.4 Å². The average molecular weight is 509 g/mol. The molecule has 0 aliphatic carbocycles. The van der Waals surface area contributed by atoms with Crippen LogP contribution >= 0.6 is 7.82 Å². The molecule has 1 fully saturated rings. The first-order valence-corrected chi connectivity index (χ1v) is 11.9. The van der Waals surface area contributed by atoms with E-state index in [0.29, 0.717) is 5.56 Å². The molecule has 0 saturated carbocycles. The molecule has 0 bridgehead atoms. The van der Waals surface area contributed by atoms with Crippen LogP contribution in [0.5, 0.6) is 5.75 Å². The van der Waals surface area contributed by atoms with Crippen LogP contribution in [0.3, 0.4) is 0 Å². The molecule has 188 valence electrons. The average Bonchev–Trinajstić information content (AvgIpc) is 3.35. The third-order valence-corrected chi connectivity index (χ3v) is 5.97. The Balaban J connectivity index is 1.54. The van der Waals surface area contributed by atoms with Crippen molar-refractivity contribution >= 4 is 30.7 Å². The highest BCUT2D eigenvalue weighted by Crippen LogP contribution is 2.39. The second-order valence-electron chi connectivity index (χ2n) is 7.94. The maximum absolute atomic E-state index is 12.8. The van der Waals surface area contributed by atoms with Crippen LogP contribution in [-0.4, -0.2) is 76.3 Å². The second-order valence-corrected chi connectivity index (χ2v) is 9.18. The molecule has 1 aliphatic heterocycles. The largest absolute Gasteiger partial charge is 0.508 e. The summed E-state index contributed by atoms with van der Waals surface area (Å²) in [5.74, 6) is -0.474. The standard InChI is InChI=1S/C19H24N7O8P/c20-11(5-9-1-3-10(27)4-2-9)18(29)25-13-12(6-33-35(30,31)32)34-19(15(13)28)26-8-24-14-16(21)22-7-23-17(14)26/h1-4,7-8,11-13,15,19,27-28H,5-6,20H2,(H,25,29)(H2,21,22,23)(H2,30,31,32)/t11-,12+,13+,15+,19+/m0/s1. The number of phosphoric acid groups is 1. The molecular weight excluding hydrogens is 485 g/mol. The minimum atomic E-state index is -4.87. The maximum Gasteiger partial charge on any atom is 0.469 e. The highest BCUT2D eigenvalue weighted by Gasteiger charge is 2.47. The Bertz CT molecular complexity index is 1250. The second kappa shape index (κ2) is 9.83. The van der Waals surface area contributed by atoms with Gasteiger partial charge in [0.15, 0.2) is 17.7 Å². The van der Waals surface area contributed by atoms with Gasteiger partial charge < -0.3 is 41.5 Å². The summed E-state index contributed by atoms with van der Waals surface area (Å²) in [6.07, 6.45) is -1.08. The van der Waals surface area contributed by atoms with Crippen molar-refractivity contribution in [3.63, 3.8) is 0 Å². The number of aliphatic hydroxyl groups excluding tert-OH is 1. The van der Waals surface area contributed by atoms with E-state index >= 15 is 0 Å². The lowest BCUT2D eigenvalue weighted by Gasteiger charge is -2.23. The van der Waals surface area contributed by atoms with Gasteiger partial charge in [0.1, 0.15) is 29.8 Å². The lowest BCUT2D eigenvalue weighted by Crippen LogP contribution is -2.53. The van der Waals surface area contributed by atoms with E-state index in [1.54, 1.807) is 12.1 Å². The molecule has 0 spiro atoms. The quantitative estimate of drug-likeness (QED) is 0.172. The number of phenols is 1. The molecule has 1 aromatic carbocycles. The topological polar surface area (TPSA) is 241 Å². The molecule has 9 N–H and O–H groups in total. The number of aromatic hydroxyl groups is 1. The van der Waals surface area contributed by atoms with Gasteiger partial charge in [-0.05, 0) is 24.1 Å². The number of aromatic nitrogens is 4. The van der Waals surface area contributed by atoms with Crippen LogP contribution in [0.2, 0.25) is 0 Å². The number of anilines is 1. The molecule has 1 saturated heterocycles. The number of carbonyl (C=O) groups is 1. The van der Waals surface area contributed by atoms with E-state index in [2.05, 4.69) is 24.8 Å². The Morgan fingerprint density at radius 3 is 2.66 bits per heavy atom. The number of benzene rings is 1. The van der Waals surface area contributed by atoms with E-state index < -0.39 is 50.9 Å². The molecule has 5 atom stereocenters. The smallest absolute Gasteiger partial charge is 0.469 e. The summed E-state index contributed by atoms with van der Waals surface area (Å²) in [7, 11) is -4.87. The minimum absolute atomic E-state index is 0.0657. The number of amides is 1. The molecule has 3 heterocycles. The van der Waals surface area contributed by atoms with E-state index in [1.807, 2.05) is 0 Å². The van der Waals surface area contributed by atoms with Crippen molar-refractivity contribution in [2.45, 2.75) is 36.9 Å². The lowest BCUT2D eigenvalue weighted by molar-refractivity contribution is -0.124. The van der Waals surface area contributed by atoms with Crippen molar-refractivity contribution in [3.8, 4) is 5.75 Å². The number of nitrogens with zero attached hydrogens (tertiary/aromatic N) is 4. The van der Waals surface area contributed by atoms with Crippen LogP contribution in [0.15, 0.2) is 36.9 Å². The number of hydrogen-bond donors (Lipinski definition) is 7. The summed E-state index contributed by atoms with van der Waals surface area (Å²) in [5.41, 5.74) is 13.0. The monoisotopic (exact) mass is 509 g/mol. The molecular formula is C19H24N7O8P. The van der Waals surface area contributed by atoms with Crippen molar-refractivity contribution in [2.75, 3.05) is 12.3 Å². The summed E-state index contributed by atoms with van der Waals surface area (Å²) in [4.78, 5) is 43.1. The van der Waals surface area contributed by atoms with Gasteiger partial charge in [-0.25, -0.2) is 19.5 Å². The third-order valence-electron chi connectivity index (χ3n) is 5.48. The summed E-state index contributed by atoms with van der Waals surface area (Å²) >= 11 is 0. The van der Waals surface area contributed by atoms with Gasteiger partial charge in [0.25, 0.3) is 0 Å². The van der Waals surface area contributed by atoms with E-state index in [4.69, 9.17) is 26.0 Å². The Labute approximate surface area is 198 Å². The van der Waals surface area contributed by atoms with Crippen LogP contribution in [0.25, 0.3) is 11.2 Å². The molecule has 4 rings (SSSR count). The predicted molar refractivity (Wildman–Crippen MR) is 119 cm³/mol. The fraction of sp³-hybridized carbons (Fsp3) is 0.368. The SMILES string of the molecule is Nc1ncnc2c1ncn2[C@@H]1O[C@H](COP(=O)(O)O)[C@@H](NC(=O)[C@@H](N)Cc2ccc(O)cc2)[C@H]1O. The normalized spacial score (nSPS) is 23.4. The molecule has 2 aromatic heterocycles. The number of nitrogens with two attached hydrogens (primary N) is 2. The van der Waals surface area contributed by atoms with Crippen molar-refractivity contribution < 1.29 is 38.6 Å². The molecule has 15 nitrogen and oxygen atoms in total. The number of aliphatic hydroxyl groups is 1. The van der Waals surface area contributed by atoms with Crippen LogP contribution in [0, 0.1) is 0 Å². The summed E-state index contributed by atoms with van der Waals surface area (Å²) in [5, 5.41) is 23.0. The molecule has 0 unspecified atom stereocenters. The molecule has 3 aromatic rings. The number of imidazole rings is 1. The number of phenolic OH excluding ortho intramolecular Hbond substituents is 1. The van der Waals surface area contributed by atoms with Gasteiger partial charge in [-0.1, -0.05) is 12.1 Å². The number of nitrogen functional groups attached to an aromatic ring is 1. The first kappa shape index (κ1) is 24.9. The van der Waals surface area contributed by atoms with Gasteiger partial charge in [-0.2, -0.15) is 0 Å². The Morgan fingerprint density at radius 1 is 1.26 bits per heavy atom. The van der Waals surface area contributed by atoms with Crippen LogP contribution in [-0.2, 0) is 25.0 Å². The number of hydrogen-bond acceptors (Lipinski definition) is 11. The first-order chi connectivity index (χ1) is 16.5. The van der Waals surface area contributed by atoms with Crippen molar-refractivity contribution in [1.29, 1.82) is 0 Å². The Hall–Kier alpha value is -3.17. The number of ether oxygens (including phenoxy) is 1. The highest BCUT2D eigenvalue weighted by atomic mass is 31.2. The van der Waals surface area contributed by atoms with Crippen LogP contribution < -0.4 is 16.8 Å². The number of nitrogens with one attached hydrogen (secondary N) is 1. The molecule has 1 amide bonds. The van der Waals surface area contributed by atoms with E-state index in [9.17, 15) is 19.6 Å². The lowest BCUT2D eigenvalue weighted by atomic mass is 10.0. The summed E-state index contributed by atoms with van der Waals surface area (Å²) in [6.45, 7) is -0.639. The van der Waals surface area contributed by atoms with Crippen LogP contribution in [0.1, 0.15) is 11.8 Å². The first-order valence-electron chi connectivity index (χ1n) is 10.3. The summed E-state index contributed by atoms with van der Waals surface area (Å²) < 4.78 is 23.0. The number of rotatable bonds is 8. The maximum atomic E-state index is 12.8. The zero-order valence-electron chi connectivity index (χ0n) is 18.1. The van der Waals surface area contributed by atoms with E-state index in [-0.39, 0.29) is 29.2 Å². The fourth-order valence-electron chi connectivity index (χ4n) is 3.77. The van der Waals surface area contributed by atoms with Gasteiger partial charge in [0.05, 0.1) is 25.0 Å². The number of fused-ring (bicyclic) bond motifs is 1. The summed E-state index contributed by atoms with van der Waals surface area (Å²) in [6, 6.07) is 3.96. The van der Waals surface area contributed by atoms with Crippen molar-refractivity contribution in [3.05, 3.63) is 42.5 Å². The number of carbonyl (C=O) groups excluding carboxylic acids is 1. The van der Waals surface area contributed by atoms with Crippen molar-refractivity contribution in [2.24, 2.45) is 5.73 Å². The van der Waals surface area contributed by atoms with Gasteiger partial charge in [-0.3, -0.25) is 13.9 Å². The van der Waals surface area contributed by atoms with Gasteiger partial charge >= 0.3 is 7.82 Å². The van der Waals surface area contributed by atoms with E-state index in [0.717, 1.165) is 0 Å². The van der Waals surface area contributed by atoms with Crippen LogP contribution in [0.4, 0.5) is 5.82 Å². The van der Waals surface area contributed by atoms with Gasteiger partial charge in [-0.15, -0.1) is 0 Å². The Morgan fingerprint density at radius 2 is 1.97 bits per heavy atom.